The summed E-state index contributed by atoms with van der Waals surface area (Å²) < 4.78 is 72.9. The minimum Gasteiger partial charge on any atom is -0.408 e. The zero-order valence-corrected chi connectivity index (χ0v) is 25.1. The van der Waals surface area contributed by atoms with Crippen molar-refractivity contribution in [2.24, 2.45) is 5.92 Å². The summed E-state index contributed by atoms with van der Waals surface area (Å²) >= 11 is 0. The van der Waals surface area contributed by atoms with Crippen LogP contribution in [-0.2, 0) is 14.2 Å². The molecule has 0 aliphatic carbocycles. The lowest BCUT2D eigenvalue weighted by atomic mass is 9.69. The molecule has 192 valence electrons. The molecule has 0 bridgehead atoms. The van der Waals surface area contributed by atoms with E-state index in [4.69, 9.17) is 4.10 Å². The van der Waals surface area contributed by atoms with Crippen LogP contribution in [0, 0.1) is 5.92 Å². The second-order valence-corrected chi connectivity index (χ2v) is 26.4. The standard InChI is InChI=1S/C21H47B2F3O3P2S/c1-15(2)14-23(29-32(27,28)21(24,25)26)30(16(3)4,17(5)6)22(20(11,12)13)31(23,18(7)8)19(9)10/h15-19,22H,14H2,1-13H3. The van der Waals surface area contributed by atoms with Gasteiger partial charge in [-0.15, -0.1) is 0 Å². The molecule has 1 rings (SSSR count). The molecule has 11 heteroatoms. The minimum atomic E-state index is -5.71. The highest BCUT2D eigenvalue weighted by Crippen LogP contribution is 3.08. The van der Waals surface area contributed by atoms with Crippen LogP contribution in [0.2, 0.25) is 11.6 Å². The Balaban J connectivity index is 4.33. The van der Waals surface area contributed by atoms with Gasteiger partial charge < -0.3 is 4.10 Å². The van der Waals surface area contributed by atoms with Crippen molar-refractivity contribution in [3.8, 4) is 0 Å². The Morgan fingerprint density at radius 3 is 1.28 bits per heavy atom. The smallest absolute Gasteiger partial charge is 0.408 e. The summed E-state index contributed by atoms with van der Waals surface area (Å²) in [5, 5.41) is -0.0712. The highest BCUT2D eigenvalue weighted by molar-refractivity contribution is 8.74. The van der Waals surface area contributed by atoms with Crippen molar-refractivity contribution in [3.05, 3.63) is 0 Å². The number of hydrogen-bond donors (Lipinski definition) is 0. The fourth-order valence-electron chi connectivity index (χ4n) is 8.81. The Bertz CT molecular complexity index is 732. The molecule has 1 heterocycles. The lowest BCUT2D eigenvalue weighted by Crippen LogP contribution is -2.72. The normalized spacial score (nSPS) is 26.5. The average Bonchev–Trinajstić information content (AvgIpc) is 2.48. The number of rotatable bonds is 8. The lowest BCUT2D eigenvalue weighted by Gasteiger charge is -2.83. The molecule has 0 amide bonds. The monoisotopic (exact) mass is 520 g/mol. The van der Waals surface area contributed by atoms with Crippen molar-refractivity contribution < 1.29 is 25.7 Å². The van der Waals surface area contributed by atoms with E-state index >= 15 is 0 Å². The van der Waals surface area contributed by atoms with Gasteiger partial charge in [-0.2, -0.15) is 21.6 Å². The van der Waals surface area contributed by atoms with Crippen LogP contribution in [0.1, 0.15) is 90.0 Å². The van der Waals surface area contributed by atoms with Crippen molar-refractivity contribution in [1.82, 2.24) is 0 Å². The average molecular weight is 520 g/mol. The van der Waals surface area contributed by atoms with Crippen LogP contribution in [0.4, 0.5) is 13.2 Å². The number of hydrogen-bond acceptors (Lipinski definition) is 3. The fourth-order valence-corrected chi connectivity index (χ4v) is 41.2. The summed E-state index contributed by atoms with van der Waals surface area (Å²) in [6.45, 7) is 27.7. The molecule has 0 unspecified atom stereocenters. The molecule has 0 atom stereocenters. The summed E-state index contributed by atoms with van der Waals surface area (Å²) in [7, 11) is -10.2. The van der Waals surface area contributed by atoms with E-state index in [0.29, 0.717) is 6.32 Å². The van der Waals surface area contributed by atoms with Crippen LogP contribution in [-0.4, -0.2) is 48.5 Å². The van der Waals surface area contributed by atoms with Gasteiger partial charge in [0.25, 0.3) is 0 Å². The quantitative estimate of drug-likeness (QED) is 0.184. The Morgan fingerprint density at radius 1 is 0.781 bits per heavy atom. The third-order valence-electron chi connectivity index (χ3n) is 8.68. The van der Waals surface area contributed by atoms with Gasteiger partial charge in [-0.1, -0.05) is 52.2 Å². The van der Waals surface area contributed by atoms with E-state index in [2.05, 4.69) is 76.2 Å². The topological polar surface area (TPSA) is 43.4 Å². The van der Waals surface area contributed by atoms with E-state index in [1.54, 1.807) is 0 Å². The van der Waals surface area contributed by atoms with Gasteiger partial charge in [0, 0.05) is 0 Å². The van der Waals surface area contributed by atoms with Crippen molar-refractivity contribution in [2.45, 2.75) is 130 Å². The van der Waals surface area contributed by atoms with Gasteiger partial charge in [0.05, 0.1) is 0 Å². The number of alkyl halides is 3. The molecule has 1 aliphatic rings. The summed E-state index contributed by atoms with van der Waals surface area (Å²) in [5.74, 6) is -2.15. The van der Waals surface area contributed by atoms with Crippen molar-refractivity contribution in [3.63, 3.8) is 0 Å². The molecule has 32 heavy (non-hydrogen) atoms. The van der Waals surface area contributed by atoms with Crippen LogP contribution >= 0.6 is 14.0 Å². The summed E-state index contributed by atoms with van der Waals surface area (Å²) in [5.41, 5.74) is -4.93. The van der Waals surface area contributed by atoms with Crippen molar-refractivity contribution in [1.29, 1.82) is 0 Å². The summed E-state index contributed by atoms with van der Waals surface area (Å²) in [6, 6.07) is 0. The molecular weight excluding hydrogens is 473 g/mol. The molecule has 0 aromatic carbocycles. The first-order chi connectivity index (χ1) is 14.0. The van der Waals surface area contributed by atoms with Crippen molar-refractivity contribution in [2.75, 3.05) is 0 Å². The molecule has 0 spiro atoms. The molecule has 0 aromatic heterocycles. The van der Waals surface area contributed by atoms with E-state index in [9.17, 15) is 21.6 Å². The summed E-state index contributed by atoms with van der Waals surface area (Å²) in [6.07, 6.45) is -0.535. The van der Waals surface area contributed by atoms with E-state index in [1.807, 2.05) is 13.8 Å². The molecule has 1 saturated heterocycles. The van der Waals surface area contributed by atoms with Crippen LogP contribution in [0.3, 0.4) is 0 Å². The molecule has 0 N–H and O–H groups in total. The predicted molar refractivity (Wildman–Crippen MR) is 143 cm³/mol. The van der Waals surface area contributed by atoms with Crippen LogP contribution in [0.5, 0.6) is 0 Å². The maximum atomic E-state index is 13.8. The first-order valence-electron chi connectivity index (χ1n) is 12.1. The van der Waals surface area contributed by atoms with Crippen LogP contribution < -0.4 is 0 Å². The van der Waals surface area contributed by atoms with Gasteiger partial charge in [0.2, 0.25) is 6.15 Å². The lowest BCUT2D eigenvalue weighted by molar-refractivity contribution is -0.0501. The van der Waals surface area contributed by atoms with E-state index < -0.39 is 41.6 Å². The number of halogens is 3. The maximum Gasteiger partial charge on any atom is 0.519 e. The van der Waals surface area contributed by atoms with Crippen molar-refractivity contribution >= 4 is 36.1 Å². The second-order valence-electron chi connectivity index (χ2n) is 12.9. The zero-order chi connectivity index (χ0) is 25.9. The molecule has 3 nitrogen and oxygen atoms in total. The highest BCUT2D eigenvalue weighted by Gasteiger charge is 2.87. The zero-order valence-electron chi connectivity index (χ0n) is 22.5. The maximum absolute atomic E-state index is 13.8. The Kier molecular flexibility index (Phi) is 8.92. The van der Waals surface area contributed by atoms with E-state index in [1.165, 1.54) is 0 Å². The summed E-state index contributed by atoms with van der Waals surface area (Å²) in [4.78, 5) is 0. The molecule has 1 fully saturated rings. The Morgan fingerprint density at radius 2 is 1.09 bits per heavy atom. The SMILES string of the molecule is CC(C)C[B-]1(OS(=O)(=O)C(F)(F)F)[P+](C(C)C)(C(C)C)[BH-](C(C)(C)C)[P+]1(C(C)C)C(C)C. The van der Waals surface area contributed by atoms with Gasteiger partial charge in [-0.25, -0.2) is 14.0 Å². The molecular formula is C21H47B2F3O3P2S. The molecule has 0 saturated carbocycles. The van der Waals surface area contributed by atoms with Gasteiger partial charge in [0.1, 0.15) is 0 Å². The third kappa shape index (κ3) is 4.16. The molecule has 0 aromatic rings. The molecule has 0 radical (unpaired) electrons. The first-order valence-corrected chi connectivity index (χ1v) is 17.9. The second kappa shape index (κ2) is 9.29. The Hall–Kier alpha value is 0.690. The fraction of sp³-hybridized carbons (Fsp3) is 1.00. The van der Waals surface area contributed by atoms with Crippen LogP contribution in [0.25, 0.3) is 0 Å². The van der Waals surface area contributed by atoms with E-state index in [0.717, 1.165) is 0 Å². The van der Waals surface area contributed by atoms with Gasteiger partial charge in [-0.05, 0) is 78.0 Å². The third-order valence-corrected chi connectivity index (χ3v) is 30.9. The minimum absolute atomic E-state index is 0.0486. The van der Waals surface area contributed by atoms with E-state index in [-0.39, 0.29) is 33.9 Å². The Labute approximate surface area is 197 Å². The first kappa shape index (κ1) is 30.7. The largest absolute Gasteiger partial charge is 0.519 e. The van der Waals surface area contributed by atoms with Gasteiger partial charge >= 0.3 is 21.4 Å². The van der Waals surface area contributed by atoms with Gasteiger partial charge in [0.15, 0.2) is 0 Å². The molecule has 1 aliphatic heterocycles. The van der Waals surface area contributed by atoms with Crippen LogP contribution in [0.15, 0.2) is 0 Å². The predicted octanol–water partition coefficient (Wildman–Crippen LogP) is 8.15. The highest BCUT2D eigenvalue weighted by atomic mass is 32.2. The van der Waals surface area contributed by atoms with Gasteiger partial charge in [-0.3, -0.25) is 0 Å².